The first kappa shape index (κ1) is 21.6. The Morgan fingerprint density at radius 3 is 2.77 bits per heavy atom. The fraction of sp³-hybridized carbons (Fsp3) is 0.100. The van der Waals surface area contributed by atoms with Crippen LogP contribution in [0.2, 0.25) is 0 Å². The number of phenols is 1. The fourth-order valence-electron chi connectivity index (χ4n) is 2.63. The number of carboxylic acid groups (broad SMARTS) is 1. The number of thioether (sulfide) groups is 1. The Labute approximate surface area is 184 Å². The van der Waals surface area contributed by atoms with Crippen LogP contribution >= 0.6 is 27.7 Å². The molecule has 8 nitrogen and oxygen atoms in total. The van der Waals surface area contributed by atoms with Crippen LogP contribution in [0, 0.1) is 0 Å². The van der Waals surface area contributed by atoms with Crippen molar-refractivity contribution in [3.8, 4) is 17.1 Å². The quantitative estimate of drug-likeness (QED) is 0.323. The van der Waals surface area contributed by atoms with Gasteiger partial charge in [-0.25, -0.2) is 4.79 Å². The molecule has 3 N–H and O–H groups in total. The van der Waals surface area contributed by atoms with Crippen LogP contribution < -0.4 is 5.32 Å². The number of halogens is 1. The molecule has 0 aliphatic rings. The molecule has 0 unspecified atom stereocenters. The number of aromatic hydroxyl groups is 1. The summed E-state index contributed by atoms with van der Waals surface area (Å²) >= 11 is 4.55. The number of amides is 1. The van der Waals surface area contributed by atoms with E-state index in [1.54, 1.807) is 41.0 Å². The molecule has 0 saturated carbocycles. The lowest BCUT2D eigenvalue weighted by atomic mass is 10.2. The molecule has 0 saturated heterocycles. The van der Waals surface area contributed by atoms with Gasteiger partial charge < -0.3 is 15.5 Å². The average Bonchev–Trinajstić information content (AvgIpc) is 3.11. The van der Waals surface area contributed by atoms with E-state index in [4.69, 9.17) is 5.11 Å². The normalized spacial score (nSPS) is 10.6. The topological polar surface area (TPSA) is 117 Å². The minimum absolute atomic E-state index is 0.0387. The van der Waals surface area contributed by atoms with E-state index in [0.717, 1.165) is 4.47 Å². The monoisotopic (exact) mass is 488 g/mol. The number of nitrogens with zero attached hydrogens (tertiary/aromatic N) is 3. The minimum Gasteiger partial charge on any atom is -0.507 e. The Hall–Kier alpha value is -3.11. The van der Waals surface area contributed by atoms with E-state index in [9.17, 15) is 14.7 Å². The number of aromatic nitrogens is 3. The van der Waals surface area contributed by atoms with E-state index in [1.165, 1.54) is 23.9 Å². The first-order chi connectivity index (χ1) is 14.4. The zero-order chi connectivity index (χ0) is 21.7. The van der Waals surface area contributed by atoms with E-state index < -0.39 is 5.97 Å². The first-order valence-electron chi connectivity index (χ1n) is 8.68. The molecular formula is C20H17BrN4O4S. The number of hydrogen-bond acceptors (Lipinski definition) is 6. The van der Waals surface area contributed by atoms with Crippen molar-refractivity contribution in [2.24, 2.45) is 0 Å². The summed E-state index contributed by atoms with van der Waals surface area (Å²) in [4.78, 5) is 23.4. The van der Waals surface area contributed by atoms with E-state index in [2.05, 4.69) is 38.0 Å². The summed E-state index contributed by atoms with van der Waals surface area (Å²) in [5.41, 5.74) is 0.984. The van der Waals surface area contributed by atoms with Gasteiger partial charge in [0.1, 0.15) is 5.75 Å². The molecule has 0 fully saturated rings. The third-order valence-corrected chi connectivity index (χ3v) is 5.41. The number of nitrogens with one attached hydrogen (secondary N) is 1. The van der Waals surface area contributed by atoms with Gasteiger partial charge in [-0.15, -0.1) is 16.8 Å². The van der Waals surface area contributed by atoms with Gasteiger partial charge in [-0.3, -0.25) is 9.36 Å². The molecule has 0 atom stereocenters. The van der Waals surface area contributed by atoms with E-state index in [0.29, 0.717) is 28.8 Å². The maximum atomic E-state index is 12.3. The first-order valence-corrected chi connectivity index (χ1v) is 10.5. The molecule has 1 amide bonds. The largest absolute Gasteiger partial charge is 0.507 e. The fourth-order valence-corrected chi connectivity index (χ4v) is 3.74. The molecule has 0 aliphatic carbocycles. The molecule has 3 rings (SSSR count). The Morgan fingerprint density at radius 1 is 1.23 bits per heavy atom. The van der Waals surface area contributed by atoms with Crippen LogP contribution in [-0.4, -0.2) is 42.6 Å². The summed E-state index contributed by atoms with van der Waals surface area (Å²) in [5, 5.41) is 30.7. The summed E-state index contributed by atoms with van der Waals surface area (Å²) in [6, 6.07) is 11.0. The number of allylic oxidation sites excluding steroid dienone is 1. The van der Waals surface area contributed by atoms with Gasteiger partial charge in [0.2, 0.25) is 5.91 Å². The van der Waals surface area contributed by atoms with E-state index in [1.807, 2.05) is 0 Å². The summed E-state index contributed by atoms with van der Waals surface area (Å²) < 4.78 is 2.53. The predicted molar refractivity (Wildman–Crippen MR) is 118 cm³/mol. The van der Waals surface area contributed by atoms with Crippen molar-refractivity contribution in [3.05, 3.63) is 65.2 Å². The number of anilines is 1. The van der Waals surface area contributed by atoms with Crippen molar-refractivity contribution in [2.45, 2.75) is 11.7 Å². The Kier molecular flexibility index (Phi) is 6.91. The van der Waals surface area contributed by atoms with Crippen molar-refractivity contribution >= 4 is 45.3 Å². The lowest BCUT2D eigenvalue weighted by molar-refractivity contribution is -0.113. The predicted octanol–water partition coefficient (Wildman–Crippen LogP) is 4.03. The number of rotatable bonds is 8. The number of benzene rings is 2. The van der Waals surface area contributed by atoms with Crippen molar-refractivity contribution in [1.29, 1.82) is 0 Å². The third kappa shape index (κ3) is 5.08. The highest BCUT2D eigenvalue weighted by molar-refractivity contribution is 9.10. The highest BCUT2D eigenvalue weighted by atomic mass is 79.9. The highest BCUT2D eigenvalue weighted by Gasteiger charge is 2.18. The van der Waals surface area contributed by atoms with Crippen LogP contribution in [0.5, 0.6) is 5.75 Å². The van der Waals surface area contributed by atoms with Crippen LogP contribution in [0.25, 0.3) is 11.4 Å². The summed E-state index contributed by atoms with van der Waals surface area (Å²) in [7, 11) is 0. The van der Waals surface area contributed by atoms with Crippen LogP contribution in [0.15, 0.2) is 64.7 Å². The Morgan fingerprint density at radius 2 is 2.03 bits per heavy atom. The molecular weight excluding hydrogens is 472 g/mol. The van der Waals surface area contributed by atoms with Gasteiger partial charge in [0.25, 0.3) is 0 Å². The van der Waals surface area contributed by atoms with Crippen molar-refractivity contribution in [2.75, 3.05) is 11.1 Å². The molecule has 1 heterocycles. The van der Waals surface area contributed by atoms with Crippen LogP contribution in [0.3, 0.4) is 0 Å². The molecule has 0 bridgehead atoms. The highest BCUT2D eigenvalue weighted by Crippen LogP contribution is 2.32. The number of carbonyl (C=O) groups excluding carboxylic acids is 1. The standard InChI is InChI=1S/C20H17BrN4O4S/c1-2-8-25-18(15-10-13(21)6-7-16(15)26)23-24-20(25)30-11-17(27)22-14-5-3-4-12(9-14)19(28)29/h2-7,9-10,26H,1,8,11H2,(H,22,27)(H,28,29). The molecule has 0 radical (unpaired) electrons. The summed E-state index contributed by atoms with van der Waals surface area (Å²) in [5.74, 6) is -0.838. The van der Waals surface area contributed by atoms with Gasteiger partial charge >= 0.3 is 5.97 Å². The van der Waals surface area contributed by atoms with Crippen molar-refractivity contribution in [1.82, 2.24) is 14.8 Å². The molecule has 30 heavy (non-hydrogen) atoms. The number of carboxylic acids is 1. The Bertz CT molecular complexity index is 1120. The maximum Gasteiger partial charge on any atom is 0.335 e. The lowest BCUT2D eigenvalue weighted by Gasteiger charge is -2.09. The number of hydrogen-bond donors (Lipinski definition) is 3. The molecule has 3 aromatic rings. The lowest BCUT2D eigenvalue weighted by Crippen LogP contribution is -2.15. The molecule has 10 heteroatoms. The van der Waals surface area contributed by atoms with Crippen LogP contribution in [-0.2, 0) is 11.3 Å². The minimum atomic E-state index is -1.07. The van der Waals surface area contributed by atoms with Crippen molar-refractivity contribution < 1.29 is 19.8 Å². The van der Waals surface area contributed by atoms with Crippen LogP contribution in [0.1, 0.15) is 10.4 Å². The second-order valence-corrected chi connectivity index (χ2v) is 7.95. The average molecular weight is 489 g/mol. The van der Waals surface area contributed by atoms with E-state index >= 15 is 0 Å². The smallest absolute Gasteiger partial charge is 0.335 e. The van der Waals surface area contributed by atoms with Gasteiger partial charge in [0, 0.05) is 16.7 Å². The van der Waals surface area contributed by atoms with Gasteiger partial charge in [0.15, 0.2) is 11.0 Å². The zero-order valence-corrected chi connectivity index (χ0v) is 18.0. The Balaban J connectivity index is 1.75. The SMILES string of the molecule is C=CCn1c(SCC(=O)Nc2cccc(C(=O)O)c2)nnc1-c1cc(Br)ccc1O. The van der Waals surface area contributed by atoms with Gasteiger partial charge in [-0.2, -0.15) is 0 Å². The van der Waals surface area contributed by atoms with Gasteiger partial charge in [-0.05, 0) is 36.4 Å². The second kappa shape index (κ2) is 9.59. The second-order valence-electron chi connectivity index (χ2n) is 6.09. The van der Waals surface area contributed by atoms with Crippen molar-refractivity contribution in [3.63, 3.8) is 0 Å². The summed E-state index contributed by atoms with van der Waals surface area (Å²) in [6.45, 7) is 4.13. The van der Waals surface area contributed by atoms with Gasteiger partial charge in [0.05, 0.1) is 16.9 Å². The third-order valence-electron chi connectivity index (χ3n) is 3.95. The number of aromatic carboxylic acids is 1. The molecule has 2 aromatic carbocycles. The van der Waals surface area contributed by atoms with Gasteiger partial charge in [-0.1, -0.05) is 39.8 Å². The number of phenolic OH excluding ortho intramolecular Hbond substituents is 1. The maximum absolute atomic E-state index is 12.3. The molecule has 0 aliphatic heterocycles. The zero-order valence-electron chi connectivity index (χ0n) is 15.6. The molecule has 154 valence electrons. The van der Waals surface area contributed by atoms with Crippen LogP contribution in [0.4, 0.5) is 5.69 Å². The molecule has 0 spiro atoms. The van der Waals surface area contributed by atoms with E-state index in [-0.39, 0.29) is 23.0 Å². The number of carbonyl (C=O) groups is 2. The summed E-state index contributed by atoms with van der Waals surface area (Å²) in [6.07, 6.45) is 1.67. The molecule has 1 aromatic heterocycles.